The molecule has 1 aliphatic heterocycles. The van der Waals surface area contributed by atoms with Gasteiger partial charge >= 0.3 is 5.97 Å². The summed E-state index contributed by atoms with van der Waals surface area (Å²) in [7, 11) is 8.68. The lowest BCUT2D eigenvalue weighted by molar-refractivity contribution is -0.133. The molecule has 39 heavy (non-hydrogen) atoms. The lowest BCUT2D eigenvalue weighted by Crippen LogP contribution is -2.44. The van der Waals surface area contributed by atoms with Crippen molar-refractivity contribution in [2.24, 2.45) is 0 Å². The van der Waals surface area contributed by atoms with E-state index in [-0.39, 0.29) is 40.4 Å². The molecule has 0 radical (unpaired) electrons. The number of esters is 1. The van der Waals surface area contributed by atoms with Crippen molar-refractivity contribution in [2.45, 2.75) is 12.2 Å². The van der Waals surface area contributed by atoms with E-state index in [0.717, 1.165) is 5.56 Å². The fourth-order valence-electron chi connectivity index (χ4n) is 4.49. The number of hydrogen-bond acceptors (Lipinski definition) is 9. The molecule has 3 aromatic rings. The van der Waals surface area contributed by atoms with Crippen LogP contribution in [-0.2, 0) is 20.7 Å². The summed E-state index contributed by atoms with van der Waals surface area (Å²) in [5.74, 6) is -0.846. The number of Topliss-reactive ketones (excluding diaryl/α,β-unsaturated/α-hetero) is 1. The van der Waals surface area contributed by atoms with E-state index >= 15 is 0 Å². The quantitative estimate of drug-likeness (QED) is 0.210. The smallest absolute Gasteiger partial charge is 0.338 e. The second-order valence-electron chi connectivity index (χ2n) is 8.60. The molecule has 0 aromatic heterocycles. The standard InChI is InChI=1S/C30H30O9/c1-33-20-11-7-18(8-12-20)15-22(29(32)37-5)25-23(35-3)16-24-26(27(25)36-4)28(31)30(38-6,39-24)17-19-9-13-21(34-2)14-10-19/h7-16H,17H2,1-6H3/t30-/m1/s1. The molecule has 0 unspecified atom stereocenters. The van der Waals surface area contributed by atoms with Gasteiger partial charge in [0.25, 0.3) is 5.79 Å². The fraction of sp³-hybridized carbons (Fsp3) is 0.267. The SMILES string of the molecule is COC(=O)C(=Cc1ccc(OC)cc1)c1c(OC)cc2c(c1OC)C(=O)[C@](Cc1ccc(OC)cc1)(OC)O2. The van der Waals surface area contributed by atoms with Gasteiger partial charge in [-0.2, -0.15) is 0 Å². The number of hydrogen-bond donors (Lipinski definition) is 0. The number of carbonyl (C=O) groups is 2. The number of benzene rings is 3. The molecule has 3 aromatic carbocycles. The first-order valence-electron chi connectivity index (χ1n) is 12.0. The highest BCUT2D eigenvalue weighted by atomic mass is 16.7. The maximum atomic E-state index is 14.0. The molecule has 9 nitrogen and oxygen atoms in total. The third-order valence-corrected chi connectivity index (χ3v) is 6.51. The van der Waals surface area contributed by atoms with Crippen LogP contribution in [0.5, 0.6) is 28.7 Å². The molecule has 0 fully saturated rings. The Bertz CT molecular complexity index is 1390. The number of ketones is 1. The van der Waals surface area contributed by atoms with Gasteiger partial charge in [-0.05, 0) is 41.5 Å². The highest BCUT2D eigenvalue weighted by Gasteiger charge is 2.51. The zero-order valence-corrected chi connectivity index (χ0v) is 22.7. The first-order chi connectivity index (χ1) is 18.8. The van der Waals surface area contributed by atoms with Gasteiger partial charge in [0, 0.05) is 19.6 Å². The summed E-state index contributed by atoms with van der Waals surface area (Å²) < 4.78 is 38.8. The lowest BCUT2D eigenvalue weighted by Gasteiger charge is -2.25. The van der Waals surface area contributed by atoms with E-state index in [1.54, 1.807) is 62.8 Å². The van der Waals surface area contributed by atoms with Crippen LogP contribution in [0.3, 0.4) is 0 Å². The monoisotopic (exact) mass is 534 g/mol. The Morgan fingerprint density at radius 3 is 1.97 bits per heavy atom. The lowest BCUT2D eigenvalue weighted by atomic mass is 9.93. The molecule has 1 atom stereocenters. The molecular weight excluding hydrogens is 504 g/mol. The average molecular weight is 535 g/mol. The predicted molar refractivity (Wildman–Crippen MR) is 144 cm³/mol. The zero-order chi connectivity index (χ0) is 28.2. The maximum absolute atomic E-state index is 14.0. The minimum absolute atomic E-state index is 0.105. The normalized spacial score (nSPS) is 16.3. The second kappa shape index (κ2) is 11.5. The van der Waals surface area contributed by atoms with Crippen molar-refractivity contribution in [2.75, 3.05) is 42.7 Å². The maximum Gasteiger partial charge on any atom is 0.338 e. The van der Waals surface area contributed by atoms with Crippen molar-refractivity contribution in [3.63, 3.8) is 0 Å². The Morgan fingerprint density at radius 2 is 1.46 bits per heavy atom. The number of ether oxygens (including phenoxy) is 7. The molecule has 0 aliphatic carbocycles. The van der Waals surface area contributed by atoms with Crippen LogP contribution in [0.15, 0.2) is 54.6 Å². The van der Waals surface area contributed by atoms with Crippen molar-refractivity contribution >= 4 is 23.4 Å². The van der Waals surface area contributed by atoms with E-state index in [4.69, 9.17) is 33.2 Å². The topological polar surface area (TPSA) is 98.8 Å². The van der Waals surface area contributed by atoms with Crippen LogP contribution in [0.1, 0.15) is 27.0 Å². The number of rotatable bonds is 10. The van der Waals surface area contributed by atoms with E-state index in [2.05, 4.69) is 0 Å². The van der Waals surface area contributed by atoms with Gasteiger partial charge in [-0.3, -0.25) is 4.79 Å². The Labute approximate surface area is 226 Å². The predicted octanol–water partition coefficient (Wildman–Crippen LogP) is 4.60. The van der Waals surface area contributed by atoms with Gasteiger partial charge in [0.05, 0.1) is 46.7 Å². The van der Waals surface area contributed by atoms with Crippen molar-refractivity contribution in [1.29, 1.82) is 0 Å². The van der Waals surface area contributed by atoms with Crippen molar-refractivity contribution in [1.82, 2.24) is 0 Å². The van der Waals surface area contributed by atoms with Crippen LogP contribution in [0.4, 0.5) is 0 Å². The van der Waals surface area contributed by atoms with Gasteiger partial charge in [0.2, 0.25) is 5.78 Å². The average Bonchev–Trinajstić information content (AvgIpc) is 3.26. The van der Waals surface area contributed by atoms with E-state index in [0.29, 0.717) is 17.1 Å². The summed E-state index contributed by atoms with van der Waals surface area (Å²) in [6.45, 7) is 0. The van der Waals surface area contributed by atoms with Crippen LogP contribution in [0.25, 0.3) is 11.6 Å². The van der Waals surface area contributed by atoms with Gasteiger partial charge in [-0.25, -0.2) is 4.79 Å². The summed E-state index contributed by atoms with van der Waals surface area (Å²) in [5.41, 5.74) is 1.98. The minimum Gasteiger partial charge on any atom is -0.497 e. The van der Waals surface area contributed by atoms with Crippen molar-refractivity contribution < 1.29 is 42.7 Å². The van der Waals surface area contributed by atoms with Crippen molar-refractivity contribution in [3.8, 4) is 28.7 Å². The third-order valence-electron chi connectivity index (χ3n) is 6.51. The Hall–Kier alpha value is -4.50. The summed E-state index contributed by atoms with van der Waals surface area (Å²) in [6.07, 6.45) is 1.74. The summed E-state index contributed by atoms with van der Waals surface area (Å²) in [4.78, 5) is 27.0. The molecule has 0 N–H and O–H groups in total. The molecule has 0 amide bonds. The van der Waals surface area contributed by atoms with Crippen LogP contribution in [-0.4, -0.2) is 60.2 Å². The fourth-order valence-corrected chi connectivity index (χ4v) is 4.49. The first-order valence-corrected chi connectivity index (χ1v) is 12.0. The van der Waals surface area contributed by atoms with Gasteiger partial charge < -0.3 is 33.2 Å². The molecule has 0 saturated heterocycles. The van der Waals surface area contributed by atoms with E-state index < -0.39 is 17.5 Å². The Kier molecular flexibility index (Phi) is 8.11. The van der Waals surface area contributed by atoms with Gasteiger partial charge in [0.15, 0.2) is 0 Å². The van der Waals surface area contributed by atoms with E-state index in [1.807, 2.05) is 12.1 Å². The highest BCUT2D eigenvalue weighted by Crippen LogP contribution is 2.50. The molecule has 0 spiro atoms. The number of fused-ring (bicyclic) bond motifs is 1. The molecule has 204 valence electrons. The van der Waals surface area contributed by atoms with E-state index in [9.17, 15) is 9.59 Å². The van der Waals surface area contributed by atoms with Gasteiger partial charge in [-0.15, -0.1) is 0 Å². The molecule has 4 rings (SSSR count). The van der Waals surface area contributed by atoms with Crippen LogP contribution in [0.2, 0.25) is 0 Å². The number of methoxy groups -OCH3 is 6. The summed E-state index contributed by atoms with van der Waals surface area (Å²) in [6, 6.07) is 15.9. The van der Waals surface area contributed by atoms with Crippen LogP contribution >= 0.6 is 0 Å². The molecular formula is C30H30O9. The second-order valence-corrected chi connectivity index (χ2v) is 8.60. The number of carbonyl (C=O) groups excluding carboxylic acids is 2. The third kappa shape index (κ3) is 5.13. The minimum atomic E-state index is -1.65. The summed E-state index contributed by atoms with van der Waals surface area (Å²) >= 11 is 0. The van der Waals surface area contributed by atoms with Crippen molar-refractivity contribution in [3.05, 3.63) is 76.9 Å². The van der Waals surface area contributed by atoms with Gasteiger partial charge in [-0.1, -0.05) is 24.3 Å². The highest BCUT2D eigenvalue weighted by molar-refractivity contribution is 6.24. The molecule has 0 bridgehead atoms. The molecule has 1 heterocycles. The van der Waals surface area contributed by atoms with Crippen LogP contribution < -0.4 is 23.7 Å². The molecule has 1 aliphatic rings. The van der Waals surface area contributed by atoms with Gasteiger partial charge in [0.1, 0.15) is 34.3 Å². The molecule has 9 heteroatoms. The van der Waals surface area contributed by atoms with Crippen LogP contribution in [0, 0.1) is 0 Å². The largest absolute Gasteiger partial charge is 0.497 e. The van der Waals surface area contributed by atoms with E-state index in [1.165, 1.54) is 28.4 Å². The zero-order valence-electron chi connectivity index (χ0n) is 22.7. The Balaban J connectivity index is 1.86. The molecule has 0 saturated carbocycles. The Morgan fingerprint density at radius 1 is 0.846 bits per heavy atom. The first kappa shape index (κ1) is 27.5. The summed E-state index contributed by atoms with van der Waals surface area (Å²) in [5, 5.41) is 0.